The second-order valence-corrected chi connectivity index (χ2v) is 7.27. The molecule has 3 aromatic heterocycles. The van der Waals surface area contributed by atoms with Gasteiger partial charge in [-0.2, -0.15) is 18.3 Å². The van der Waals surface area contributed by atoms with Crippen LogP contribution >= 0.6 is 11.3 Å². The minimum absolute atomic E-state index is 0.0234. The second kappa shape index (κ2) is 6.61. The average molecular weight is 396 g/mol. The van der Waals surface area contributed by atoms with E-state index < -0.39 is 23.9 Å². The predicted octanol–water partition coefficient (Wildman–Crippen LogP) is 3.07. The van der Waals surface area contributed by atoms with Crippen molar-refractivity contribution in [1.29, 1.82) is 0 Å². The summed E-state index contributed by atoms with van der Waals surface area (Å²) in [5.41, 5.74) is -0.933. The number of rotatable bonds is 2. The summed E-state index contributed by atoms with van der Waals surface area (Å²) in [6.45, 7) is 0.683. The van der Waals surface area contributed by atoms with Crippen molar-refractivity contribution in [3.8, 4) is 10.6 Å². The van der Waals surface area contributed by atoms with Gasteiger partial charge in [0.2, 0.25) is 0 Å². The maximum atomic E-state index is 13.5. The molecule has 0 bridgehead atoms. The van der Waals surface area contributed by atoms with Gasteiger partial charge < -0.3 is 10.0 Å². The van der Waals surface area contributed by atoms with E-state index in [0.717, 1.165) is 12.3 Å². The van der Waals surface area contributed by atoms with Gasteiger partial charge in [-0.25, -0.2) is 9.50 Å². The molecule has 4 rings (SSSR count). The Morgan fingerprint density at radius 3 is 2.67 bits per heavy atom. The van der Waals surface area contributed by atoms with Gasteiger partial charge in [-0.15, -0.1) is 11.3 Å². The van der Waals surface area contributed by atoms with Crippen molar-refractivity contribution in [2.75, 3.05) is 13.1 Å². The molecule has 1 amide bonds. The molecule has 0 atom stereocenters. The van der Waals surface area contributed by atoms with Crippen molar-refractivity contribution < 1.29 is 23.1 Å². The molecule has 142 valence electrons. The normalized spacial score (nSPS) is 16.2. The van der Waals surface area contributed by atoms with Gasteiger partial charge in [-0.1, -0.05) is 6.07 Å². The number of fused-ring (bicyclic) bond motifs is 1. The monoisotopic (exact) mass is 396 g/mol. The average Bonchev–Trinajstić information content (AvgIpc) is 3.30. The molecule has 1 fully saturated rings. The number of aliphatic hydroxyl groups is 1. The molecule has 4 heterocycles. The molecule has 0 aromatic carbocycles. The number of alkyl halides is 3. The third kappa shape index (κ3) is 3.30. The smallest absolute Gasteiger partial charge is 0.393 e. The maximum absolute atomic E-state index is 13.5. The van der Waals surface area contributed by atoms with Crippen LogP contribution in [0.5, 0.6) is 0 Å². The van der Waals surface area contributed by atoms with Crippen molar-refractivity contribution in [3.63, 3.8) is 0 Å². The summed E-state index contributed by atoms with van der Waals surface area (Å²) in [6.07, 6.45) is -3.10. The Morgan fingerprint density at radius 1 is 1.30 bits per heavy atom. The molecular formula is C17H15F3N4O2S. The van der Waals surface area contributed by atoms with E-state index >= 15 is 0 Å². The molecule has 1 aliphatic heterocycles. The van der Waals surface area contributed by atoms with Crippen molar-refractivity contribution in [2.45, 2.75) is 25.1 Å². The molecule has 0 spiro atoms. The van der Waals surface area contributed by atoms with E-state index in [4.69, 9.17) is 0 Å². The number of nitrogens with zero attached hydrogens (tertiary/aromatic N) is 4. The lowest BCUT2D eigenvalue weighted by atomic mass is 10.1. The topological polar surface area (TPSA) is 70.7 Å². The summed E-state index contributed by atoms with van der Waals surface area (Å²) in [6, 6.07) is 4.34. The lowest BCUT2D eigenvalue weighted by Gasteiger charge is -2.29. The molecular weight excluding hydrogens is 381 g/mol. The Bertz CT molecular complexity index is 976. The Morgan fingerprint density at radius 2 is 2.04 bits per heavy atom. The molecule has 27 heavy (non-hydrogen) atoms. The molecule has 0 radical (unpaired) electrons. The number of piperidine rings is 1. The molecule has 0 saturated carbocycles. The van der Waals surface area contributed by atoms with E-state index in [1.807, 2.05) is 0 Å². The van der Waals surface area contributed by atoms with E-state index in [-0.39, 0.29) is 16.9 Å². The van der Waals surface area contributed by atoms with Crippen LogP contribution in [0.4, 0.5) is 13.2 Å². The third-order valence-corrected chi connectivity index (χ3v) is 5.41. The minimum Gasteiger partial charge on any atom is -0.393 e. The van der Waals surface area contributed by atoms with Crippen LogP contribution in [0, 0.1) is 0 Å². The van der Waals surface area contributed by atoms with Crippen LogP contribution in [-0.4, -0.2) is 49.7 Å². The van der Waals surface area contributed by atoms with Crippen molar-refractivity contribution in [1.82, 2.24) is 19.5 Å². The van der Waals surface area contributed by atoms with Crippen LogP contribution in [0.25, 0.3) is 16.2 Å². The Hall–Kier alpha value is -2.46. The van der Waals surface area contributed by atoms with Crippen LogP contribution in [0.15, 0.2) is 29.8 Å². The fourth-order valence-electron chi connectivity index (χ4n) is 3.11. The van der Waals surface area contributed by atoms with Gasteiger partial charge in [0.15, 0.2) is 11.3 Å². The SMILES string of the molecule is O=C(c1cnn2c(C(F)(F)F)cc(-c3cccs3)nc12)N1CCC(O)CC1. The van der Waals surface area contributed by atoms with Crippen molar-refractivity contribution in [3.05, 3.63) is 41.0 Å². The highest BCUT2D eigenvalue weighted by atomic mass is 32.1. The molecule has 1 N–H and O–H groups in total. The number of carbonyl (C=O) groups excluding carboxylic acids is 1. The predicted molar refractivity (Wildman–Crippen MR) is 92.4 cm³/mol. The minimum atomic E-state index is -4.64. The van der Waals surface area contributed by atoms with E-state index in [0.29, 0.717) is 35.3 Å². The van der Waals surface area contributed by atoms with Crippen LogP contribution < -0.4 is 0 Å². The standard InChI is InChI=1S/C17H15F3N4O2S/c18-17(19,20)14-8-12(13-2-1-7-27-13)22-15-11(9-21-24(14)15)16(26)23-5-3-10(25)4-6-23/h1-2,7-10,25H,3-6H2. The lowest BCUT2D eigenvalue weighted by Crippen LogP contribution is -2.40. The molecule has 1 aliphatic rings. The van der Waals surface area contributed by atoms with E-state index in [2.05, 4.69) is 10.1 Å². The zero-order valence-corrected chi connectivity index (χ0v) is 14.8. The summed E-state index contributed by atoms with van der Waals surface area (Å²) >= 11 is 1.27. The number of hydrogen-bond donors (Lipinski definition) is 1. The molecule has 6 nitrogen and oxygen atoms in total. The number of hydrogen-bond acceptors (Lipinski definition) is 5. The molecule has 0 unspecified atom stereocenters. The Kier molecular flexibility index (Phi) is 4.39. The first-order valence-corrected chi connectivity index (χ1v) is 9.20. The number of aliphatic hydroxyl groups excluding tert-OH is 1. The first-order chi connectivity index (χ1) is 12.8. The number of carbonyl (C=O) groups is 1. The van der Waals surface area contributed by atoms with Gasteiger partial charge in [0, 0.05) is 13.1 Å². The number of thiophene rings is 1. The second-order valence-electron chi connectivity index (χ2n) is 6.32. The molecule has 3 aromatic rings. The van der Waals surface area contributed by atoms with Gasteiger partial charge in [0.1, 0.15) is 5.56 Å². The fourth-order valence-corrected chi connectivity index (χ4v) is 3.79. The molecule has 1 saturated heterocycles. The van der Waals surface area contributed by atoms with E-state index in [9.17, 15) is 23.1 Å². The van der Waals surface area contributed by atoms with Crippen LogP contribution in [-0.2, 0) is 6.18 Å². The molecule has 0 aliphatic carbocycles. The van der Waals surface area contributed by atoms with Gasteiger partial charge in [0.25, 0.3) is 5.91 Å². The van der Waals surface area contributed by atoms with Gasteiger partial charge in [-0.3, -0.25) is 4.79 Å². The van der Waals surface area contributed by atoms with Gasteiger partial charge in [0.05, 0.1) is 22.9 Å². The number of amides is 1. The summed E-state index contributed by atoms with van der Waals surface area (Å²) in [4.78, 5) is 19.2. The number of likely N-dealkylation sites (tertiary alicyclic amines) is 1. The van der Waals surface area contributed by atoms with Gasteiger partial charge in [-0.05, 0) is 30.4 Å². The van der Waals surface area contributed by atoms with E-state index in [1.54, 1.807) is 17.5 Å². The van der Waals surface area contributed by atoms with Crippen molar-refractivity contribution >= 4 is 22.9 Å². The van der Waals surface area contributed by atoms with Crippen LogP contribution in [0.1, 0.15) is 28.9 Å². The highest BCUT2D eigenvalue weighted by molar-refractivity contribution is 7.13. The number of aromatic nitrogens is 3. The molecule has 10 heteroatoms. The summed E-state index contributed by atoms with van der Waals surface area (Å²) in [5.74, 6) is -0.430. The number of halogens is 3. The third-order valence-electron chi connectivity index (χ3n) is 4.52. The van der Waals surface area contributed by atoms with E-state index in [1.165, 1.54) is 16.2 Å². The first-order valence-electron chi connectivity index (χ1n) is 8.32. The fraction of sp³-hybridized carbons (Fsp3) is 0.353. The van der Waals surface area contributed by atoms with Crippen LogP contribution in [0.2, 0.25) is 0 Å². The summed E-state index contributed by atoms with van der Waals surface area (Å²) < 4.78 is 41.3. The lowest BCUT2D eigenvalue weighted by molar-refractivity contribution is -0.142. The Balaban J connectivity index is 1.83. The van der Waals surface area contributed by atoms with Crippen LogP contribution in [0.3, 0.4) is 0 Å². The summed E-state index contributed by atoms with van der Waals surface area (Å²) in [5, 5.41) is 15.1. The summed E-state index contributed by atoms with van der Waals surface area (Å²) in [7, 11) is 0. The highest BCUT2D eigenvalue weighted by Gasteiger charge is 2.36. The Labute approximate surface area is 155 Å². The highest BCUT2D eigenvalue weighted by Crippen LogP contribution is 2.34. The zero-order valence-electron chi connectivity index (χ0n) is 14.0. The first kappa shape index (κ1) is 17.9. The zero-order chi connectivity index (χ0) is 19.2. The largest absolute Gasteiger partial charge is 0.433 e. The van der Waals surface area contributed by atoms with Gasteiger partial charge >= 0.3 is 6.18 Å². The maximum Gasteiger partial charge on any atom is 0.433 e. The van der Waals surface area contributed by atoms with Crippen molar-refractivity contribution in [2.24, 2.45) is 0 Å². The quantitative estimate of drug-likeness (QED) is 0.723.